The van der Waals surface area contributed by atoms with Gasteiger partial charge in [0.2, 0.25) is 0 Å². The highest BCUT2D eigenvalue weighted by molar-refractivity contribution is 8.16. The van der Waals surface area contributed by atoms with E-state index in [0.717, 1.165) is 16.9 Å². The predicted molar refractivity (Wildman–Crippen MR) is 71.6 cm³/mol. The number of hydrogen-bond acceptors (Lipinski definition) is 3. The molecule has 1 aromatic carbocycles. The highest BCUT2D eigenvalue weighted by Crippen LogP contribution is 2.22. The summed E-state index contributed by atoms with van der Waals surface area (Å²) >= 11 is 1.42. The lowest BCUT2D eigenvalue weighted by Crippen LogP contribution is -1.97. The molecule has 0 saturated carbocycles. The van der Waals surface area contributed by atoms with E-state index in [1.165, 1.54) is 11.8 Å². The van der Waals surface area contributed by atoms with Gasteiger partial charge in [-0.15, -0.1) is 0 Å². The summed E-state index contributed by atoms with van der Waals surface area (Å²) in [6.07, 6.45) is 1.93. The van der Waals surface area contributed by atoms with Crippen LogP contribution in [-0.2, 0) is 0 Å². The van der Waals surface area contributed by atoms with E-state index >= 15 is 0 Å². The van der Waals surface area contributed by atoms with Gasteiger partial charge in [0.05, 0.1) is 11.7 Å². The fraction of sp³-hybridized carbons (Fsp3) is 0.308. The molecule has 3 heteroatoms. The number of nitrogens with one attached hydrogen (secondary N) is 1. The van der Waals surface area contributed by atoms with Crippen LogP contribution >= 0.6 is 11.8 Å². The van der Waals surface area contributed by atoms with Gasteiger partial charge in [-0.25, -0.2) is 0 Å². The van der Waals surface area contributed by atoms with Gasteiger partial charge in [0, 0.05) is 5.56 Å². The molecule has 0 aliphatic carbocycles. The molecular weight excluding hydrogens is 218 g/mol. The average molecular weight is 235 g/mol. The minimum Gasteiger partial charge on any atom is -0.494 e. The molecule has 1 aromatic rings. The van der Waals surface area contributed by atoms with Crippen molar-refractivity contribution in [2.45, 2.75) is 20.8 Å². The quantitative estimate of drug-likeness (QED) is 0.632. The first-order valence-corrected chi connectivity index (χ1v) is 6.17. The molecule has 1 rings (SSSR count). The normalized spacial score (nSPS) is 10.7. The topological polar surface area (TPSA) is 33.1 Å². The van der Waals surface area contributed by atoms with Crippen molar-refractivity contribution < 1.29 is 4.74 Å². The Bertz CT molecular complexity index is 399. The van der Waals surface area contributed by atoms with Gasteiger partial charge in [-0.2, -0.15) is 0 Å². The number of allylic oxidation sites excluding steroid dienone is 1. The van der Waals surface area contributed by atoms with Crippen molar-refractivity contribution in [3.63, 3.8) is 0 Å². The second-order valence-corrected chi connectivity index (χ2v) is 4.25. The third kappa shape index (κ3) is 3.42. The third-order valence-electron chi connectivity index (χ3n) is 2.06. The van der Waals surface area contributed by atoms with Crippen molar-refractivity contribution in [2.24, 2.45) is 0 Å². The first-order valence-electron chi connectivity index (χ1n) is 5.29. The van der Waals surface area contributed by atoms with Crippen LogP contribution in [0.5, 0.6) is 5.75 Å². The molecule has 0 aliphatic rings. The molecule has 16 heavy (non-hydrogen) atoms. The Morgan fingerprint density at radius 2 is 2.25 bits per heavy atom. The van der Waals surface area contributed by atoms with Crippen molar-refractivity contribution in [1.29, 1.82) is 5.41 Å². The monoisotopic (exact) mass is 235 g/mol. The Hall–Kier alpha value is -1.22. The van der Waals surface area contributed by atoms with Crippen LogP contribution in [0.4, 0.5) is 0 Å². The lowest BCUT2D eigenvalue weighted by Gasteiger charge is -2.08. The van der Waals surface area contributed by atoms with Crippen LogP contribution in [0.2, 0.25) is 0 Å². The SMILES string of the molecule is CC=CSC(=N)c1ccc(OCC)c(C)c1. The predicted octanol–water partition coefficient (Wildman–Crippen LogP) is 3.99. The number of hydrogen-bond donors (Lipinski definition) is 1. The molecule has 0 unspecified atom stereocenters. The lowest BCUT2D eigenvalue weighted by atomic mass is 10.1. The molecule has 2 nitrogen and oxygen atoms in total. The van der Waals surface area contributed by atoms with Crippen LogP contribution in [0.25, 0.3) is 0 Å². The zero-order valence-electron chi connectivity index (χ0n) is 9.91. The zero-order valence-corrected chi connectivity index (χ0v) is 10.7. The number of thioether (sulfide) groups is 1. The van der Waals surface area contributed by atoms with Crippen LogP contribution < -0.4 is 4.74 Å². The summed E-state index contributed by atoms with van der Waals surface area (Å²) in [5, 5.41) is 10.3. The lowest BCUT2D eigenvalue weighted by molar-refractivity contribution is 0.338. The first-order chi connectivity index (χ1) is 7.69. The van der Waals surface area contributed by atoms with Crippen LogP contribution in [0.1, 0.15) is 25.0 Å². The molecule has 0 aliphatic heterocycles. The van der Waals surface area contributed by atoms with E-state index in [4.69, 9.17) is 10.1 Å². The molecule has 0 amide bonds. The van der Waals surface area contributed by atoms with Crippen molar-refractivity contribution in [2.75, 3.05) is 6.61 Å². The first kappa shape index (κ1) is 12.8. The number of aryl methyl sites for hydroxylation is 1. The molecule has 0 bridgehead atoms. The molecule has 0 atom stereocenters. The highest BCUT2D eigenvalue weighted by atomic mass is 32.2. The Balaban J connectivity index is 2.83. The van der Waals surface area contributed by atoms with Crippen LogP contribution in [-0.4, -0.2) is 11.7 Å². The molecule has 0 aromatic heterocycles. The van der Waals surface area contributed by atoms with Gasteiger partial charge in [-0.1, -0.05) is 17.8 Å². The second-order valence-electron chi connectivity index (χ2n) is 3.33. The van der Waals surface area contributed by atoms with Gasteiger partial charge in [-0.05, 0) is 49.9 Å². The van der Waals surface area contributed by atoms with E-state index in [1.807, 2.05) is 50.5 Å². The van der Waals surface area contributed by atoms with E-state index < -0.39 is 0 Å². The van der Waals surface area contributed by atoms with Crippen LogP contribution in [0, 0.1) is 12.3 Å². The maximum Gasteiger partial charge on any atom is 0.122 e. The largest absolute Gasteiger partial charge is 0.494 e. The Labute approximate surface area is 101 Å². The van der Waals surface area contributed by atoms with Crippen molar-refractivity contribution >= 4 is 16.8 Å². The van der Waals surface area contributed by atoms with E-state index in [-0.39, 0.29) is 0 Å². The summed E-state index contributed by atoms with van der Waals surface area (Å²) in [6, 6.07) is 5.85. The Morgan fingerprint density at radius 1 is 1.50 bits per heavy atom. The smallest absolute Gasteiger partial charge is 0.122 e. The molecule has 0 radical (unpaired) electrons. The fourth-order valence-corrected chi connectivity index (χ4v) is 1.85. The highest BCUT2D eigenvalue weighted by Gasteiger charge is 2.04. The van der Waals surface area contributed by atoms with Crippen LogP contribution in [0.3, 0.4) is 0 Å². The molecule has 0 saturated heterocycles. The Morgan fingerprint density at radius 3 is 2.81 bits per heavy atom. The third-order valence-corrected chi connectivity index (χ3v) is 2.94. The Kier molecular flexibility index (Phi) is 5.12. The van der Waals surface area contributed by atoms with Gasteiger partial charge in [0.25, 0.3) is 0 Å². The molecule has 0 spiro atoms. The standard InChI is InChI=1S/C13H17NOS/c1-4-8-16-13(14)11-6-7-12(15-5-2)10(3)9-11/h4,6-9,14H,5H2,1-3H3. The van der Waals surface area contributed by atoms with E-state index in [2.05, 4.69) is 0 Å². The second kappa shape index (κ2) is 6.38. The molecule has 0 heterocycles. The van der Waals surface area contributed by atoms with Gasteiger partial charge >= 0.3 is 0 Å². The number of rotatable bonds is 4. The van der Waals surface area contributed by atoms with E-state index in [9.17, 15) is 0 Å². The minimum absolute atomic E-state index is 0.559. The molecular formula is C13H17NOS. The van der Waals surface area contributed by atoms with Gasteiger partial charge in [-0.3, -0.25) is 5.41 Å². The van der Waals surface area contributed by atoms with Crippen molar-refractivity contribution in [3.8, 4) is 5.75 Å². The summed E-state index contributed by atoms with van der Waals surface area (Å²) in [7, 11) is 0. The van der Waals surface area contributed by atoms with E-state index in [0.29, 0.717) is 11.7 Å². The molecule has 0 fully saturated rings. The van der Waals surface area contributed by atoms with Gasteiger partial charge < -0.3 is 4.74 Å². The summed E-state index contributed by atoms with van der Waals surface area (Å²) in [5.41, 5.74) is 2.01. The van der Waals surface area contributed by atoms with Crippen molar-refractivity contribution in [3.05, 3.63) is 40.8 Å². The maximum absolute atomic E-state index is 7.87. The van der Waals surface area contributed by atoms with Crippen LogP contribution in [0.15, 0.2) is 29.7 Å². The van der Waals surface area contributed by atoms with Crippen molar-refractivity contribution in [1.82, 2.24) is 0 Å². The summed E-state index contributed by atoms with van der Waals surface area (Å²) < 4.78 is 5.46. The fourth-order valence-electron chi connectivity index (χ4n) is 1.31. The molecule has 1 N–H and O–H groups in total. The number of benzene rings is 1. The minimum atomic E-state index is 0.559. The summed E-state index contributed by atoms with van der Waals surface area (Å²) in [4.78, 5) is 0. The average Bonchev–Trinajstić information content (AvgIpc) is 2.29. The summed E-state index contributed by atoms with van der Waals surface area (Å²) in [5.74, 6) is 0.898. The van der Waals surface area contributed by atoms with Gasteiger partial charge in [0.1, 0.15) is 5.75 Å². The molecule has 86 valence electrons. The zero-order chi connectivity index (χ0) is 12.0. The summed E-state index contributed by atoms with van der Waals surface area (Å²) in [6.45, 7) is 6.59. The van der Waals surface area contributed by atoms with E-state index in [1.54, 1.807) is 0 Å². The maximum atomic E-state index is 7.87. The number of ether oxygens (including phenoxy) is 1. The van der Waals surface area contributed by atoms with Gasteiger partial charge in [0.15, 0.2) is 0 Å².